The van der Waals surface area contributed by atoms with Gasteiger partial charge in [-0.1, -0.05) is 18.2 Å². The molecule has 23 heavy (non-hydrogen) atoms. The number of nitrogens with one attached hydrogen (secondary N) is 1. The number of benzene rings is 1. The van der Waals surface area contributed by atoms with Crippen LogP contribution >= 0.6 is 0 Å². The number of aryl methyl sites for hydroxylation is 1. The number of carbonyl (C=O) groups is 1. The summed E-state index contributed by atoms with van der Waals surface area (Å²) >= 11 is 0. The second-order valence-corrected chi connectivity index (χ2v) is 5.58. The van der Waals surface area contributed by atoms with Crippen LogP contribution in [0.2, 0.25) is 0 Å². The Morgan fingerprint density at radius 1 is 1.26 bits per heavy atom. The lowest BCUT2D eigenvalue weighted by atomic mass is 10.0. The van der Waals surface area contributed by atoms with Gasteiger partial charge in [-0.15, -0.1) is 0 Å². The first-order valence-electron chi connectivity index (χ1n) is 7.71. The van der Waals surface area contributed by atoms with E-state index in [0.717, 1.165) is 23.3 Å². The van der Waals surface area contributed by atoms with E-state index in [-0.39, 0.29) is 17.7 Å². The lowest BCUT2D eigenvalue weighted by Gasteiger charge is -2.19. The fraction of sp³-hybridized carbons (Fsp3) is 0.222. The van der Waals surface area contributed by atoms with Crippen LogP contribution in [0.15, 0.2) is 41.2 Å². The number of para-hydroxylation sites is 1. The first-order valence-corrected chi connectivity index (χ1v) is 7.71. The Balaban J connectivity index is 1.91. The summed E-state index contributed by atoms with van der Waals surface area (Å²) in [5.41, 5.74) is 3.88. The third-order valence-electron chi connectivity index (χ3n) is 4.32. The molecule has 0 bridgehead atoms. The van der Waals surface area contributed by atoms with E-state index >= 15 is 0 Å². The first-order chi connectivity index (χ1) is 11.2. The largest absolute Gasteiger partial charge is 0.462 e. The van der Waals surface area contributed by atoms with Crippen LogP contribution in [0.1, 0.15) is 22.8 Å². The maximum absolute atomic E-state index is 12.6. The summed E-state index contributed by atoms with van der Waals surface area (Å²) in [5.74, 6) is -0.560. The van der Waals surface area contributed by atoms with E-state index in [0.29, 0.717) is 6.54 Å². The maximum Gasteiger partial charge on any atom is 0.343 e. The number of aromatic nitrogens is 2. The number of hydrogen-bond donors (Lipinski definition) is 1. The van der Waals surface area contributed by atoms with Crippen molar-refractivity contribution in [2.75, 3.05) is 6.61 Å². The van der Waals surface area contributed by atoms with Gasteiger partial charge in [-0.25, -0.2) is 4.79 Å². The number of aromatic amines is 1. The van der Waals surface area contributed by atoms with E-state index < -0.39 is 5.97 Å². The van der Waals surface area contributed by atoms with E-state index in [9.17, 15) is 9.59 Å². The number of fused-ring (bicyclic) bond motifs is 5. The van der Waals surface area contributed by atoms with Gasteiger partial charge in [-0.2, -0.15) is 0 Å². The summed E-state index contributed by atoms with van der Waals surface area (Å²) < 4.78 is 6.61. The highest BCUT2D eigenvalue weighted by Gasteiger charge is 2.24. The standard InChI is InChI=1S/C18H16N2O3/c1-2-23-18(22)13-7-8-15-16-12(9-10-20(15)17(13)21)11-5-3-4-6-14(11)19-16/h3-8,19H,2,9-10H2,1H3. The molecule has 0 atom stereocenters. The molecule has 0 fully saturated rings. The zero-order chi connectivity index (χ0) is 16.0. The summed E-state index contributed by atoms with van der Waals surface area (Å²) in [6, 6.07) is 11.5. The number of nitrogens with zero attached hydrogens (tertiary/aromatic N) is 1. The van der Waals surface area contributed by atoms with Crippen molar-refractivity contribution >= 4 is 16.9 Å². The number of carbonyl (C=O) groups excluding carboxylic acids is 1. The minimum absolute atomic E-state index is 0.0927. The van der Waals surface area contributed by atoms with E-state index in [1.54, 1.807) is 17.6 Å². The molecule has 3 aromatic rings. The minimum atomic E-state index is -0.560. The molecule has 2 aromatic heterocycles. The summed E-state index contributed by atoms with van der Waals surface area (Å²) in [6.07, 6.45) is 0.762. The van der Waals surface area contributed by atoms with E-state index in [1.807, 2.05) is 24.3 Å². The Kier molecular flexibility index (Phi) is 3.08. The Labute approximate surface area is 132 Å². The van der Waals surface area contributed by atoms with Crippen molar-refractivity contribution in [2.24, 2.45) is 0 Å². The molecule has 0 aliphatic carbocycles. The van der Waals surface area contributed by atoms with Crippen molar-refractivity contribution in [1.29, 1.82) is 0 Å². The third kappa shape index (κ3) is 2.00. The van der Waals surface area contributed by atoms with Gasteiger partial charge in [-0.05, 0) is 37.1 Å². The van der Waals surface area contributed by atoms with Crippen molar-refractivity contribution in [3.05, 3.63) is 57.9 Å². The fourth-order valence-corrected chi connectivity index (χ4v) is 3.28. The third-order valence-corrected chi connectivity index (χ3v) is 4.32. The van der Waals surface area contributed by atoms with Gasteiger partial charge in [0, 0.05) is 17.4 Å². The Morgan fingerprint density at radius 2 is 2.09 bits per heavy atom. The van der Waals surface area contributed by atoms with Crippen LogP contribution in [-0.4, -0.2) is 22.1 Å². The lowest BCUT2D eigenvalue weighted by molar-refractivity contribution is 0.0523. The first kappa shape index (κ1) is 13.8. The zero-order valence-electron chi connectivity index (χ0n) is 12.8. The Hall–Kier alpha value is -2.82. The van der Waals surface area contributed by atoms with Gasteiger partial charge < -0.3 is 14.3 Å². The van der Waals surface area contributed by atoms with Crippen LogP contribution in [0.3, 0.4) is 0 Å². The van der Waals surface area contributed by atoms with Crippen LogP contribution in [0.25, 0.3) is 22.3 Å². The quantitative estimate of drug-likeness (QED) is 0.740. The lowest BCUT2D eigenvalue weighted by Crippen LogP contribution is -2.30. The van der Waals surface area contributed by atoms with Crippen LogP contribution in [0.5, 0.6) is 0 Å². The molecule has 0 amide bonds. The summed E-state index contributed by atoms with van der Waals surface area (Å²) in [7, 11) is 0. The summed E-state index contributed by atoms with van der Waals surface area (Å²) in [6.45, 7) is 2.55. The molecule has 1 N–H and O–H groups in total. The number of hydrogen-bond acceptors (Lipinski definition) is 3. The highest BCUT2D eigenvalue weighted by Crippen LogP contribution is 2.33. The van der Waals surface area contributed by atoms with Gasteiger partial charge in [0.25, 0.3) is 5.56 Å². The number of esters is 1. The van der Waals surface area contributed by atoms with Crippen molar-refractivity contribution in [2.45, 2.75) is 19.9 Å². The molecule has 5 nitrogen and oxygen atoms in total. The van der Waals surface area contributed by atoms with Crippen LogP contribution in [0.4, 0.5) is 0 Å². The molecule has 3 heterocycles. The topological polar surface area (TPSA) is 64.1 Å². The molecule has 1 aliphatic rings. The van der Waals surface area contributed by atoms with E-state index in [4.69, 9.17) is 4.74 Å². The monoisotopic (exact) mass is 308 g/mol. The average molecular weight is 308 g/mol. The molecule has 1 aromatic carbocycles. The van der Waals surface area contributed by atoms with Gasteiger partial charge in [-0.3, -0.25) is 4.79 Å². The van der Waals surface area contributed by atoms with E-state index in [2.05, 4.69) is 11.1 Å². The smallest absolute Gasteiger partial charge is 0.343 e. The second kappa shape index (κ2) is 5.12. The molecule has 1 aliphatic heterocycles. The number of rotatable bonds is 2. The van der Waals surface area contributed by atoms with Gasteiger partial charge >= 0.3 is 5.97 Å². The van der Waals surface area contributed by atoms with Crippen LogP contribution < -0.4 is 5.56 Å². The molecule has 0 saturated heterocycles. The second-order valence-electron chi connectivity index (χ2n) is 5.58. The number of pyridine rings is 1. The highest BCUT2D eigenvalue weighted by molar-refractivity contribution is 5.92. The van der Waals surface area contributed by atoms with Crippen molar-refractivity contribution in [3.8, 4) is 11.4 Å². The normalized spacial score (nSPS) is 12.7. The number of ether oxygens (including phenoxy) is 1. The van der Waals surface area contributed by atoms with Crippen LogP contribution in [-0.2, 0) is 17.7 Å². The Morgan fingerprint density at radius 3 is 2.91 bits per heavy atom. The minimum Gasteiger partial charge on any atom is -0.462 e. The van der Waals surface area contributed by atoms with Crippen molar-refractivity contribution in [3.63, 3.8) is 0 Å². The zero-order valence-corrected chi connectivity index (χ0v) is 12.8. The molecule has 116 valence electrons. The van der Waals surface area contributed by atoms with Crippen LogP contribution in [0, 0.1) is 0 Å². The van der Waals surface area contributed by atoms with Crippen molar-refractivity contribution < 1.29 is 9.53 Å². The van der Waals surface area contributed by atoms with Gasteiger partial charge in [0.15, 0.2) is 0 Å². The molecule has 0 radical (unpaired) electrons. The van der Waals surface area contributed by atoms with Gasteiger partial charge in [0.1, 0.15) is 5.56 Å². The molecular formula is C18H16N2O3. The van der Waals surface area contributed by atoms with Gasteiger partial charge in [0.05, 0.1) is 18.0 Å². The SMILES string of the molecule is CCOC(=O)c1ccc2n(c1=O)CCc1c-2[nH]c2ccccc12. The number of H-pyrrole nitrogens is 1. The molecule has 0 spiro atoms. The maximum atomic E-state index is 12.6. The molecule has 4 rings (SSSR count). The predicted molar refractivity (Wildman–Crippen MR) is 87.7 cm³/mol. The molecule has 0 unspecified atom stereocenters. The average Bonchev–Trinajstić information content (AvgIpc) is 2.94. The predicted octanol–water partition coefficient (Wildman–Crippen LogP) is 2.73. The molecular weight excluding hydrogens is 292 g/mol. The van der Waals surface area contributed by atoms with Gasteiger partial charge in [0.2, 0.25) is 0 Å². The summed E-state index contributed by atoms with van der Waals surface area (Å²) in [5, 5.41) is 1.19. The Bertz CT molecular complexity index is 982. The molecule has 0 saturated carbocycles. The fourth-order valence-electron chi connectivity index (χ4n) is 3.28. The highest BCUT2D eigenvalue weighted by atomic mass is 16.5. The van der Waals surface area contributed by atoms with Crippen molar-refractivity contribution in [1.82, 2.24) is 9.55 Å². The van der Waals surface area contributed by atoms with E-state index in [1.165, 1.54) is 10.9 Å². The summed E-state index contributed by atoms with van der Waals surface area (Å²) in [4.78, 5) is 27.9. The molecule has 5 heteroatoms.